The number of carbonyl (C=O) groups excluding carboxylic acids is 2. The van der Waals surface area contributed by atoms with Crippen LogP contribution in [-0.2, 0) is 10.0 Å². The molecule has 1 amide bonds. The number of hydrogen-bond acceptors (Lipinski definition) is 10. The van der Waals surface area contributed by atoms with Crippen LogP contribution in [0.1, 0.15) is 32.6 Å². The van der Waals surface area contributed by atoms with E-state index in [0.717, 1.165) is 16.2 Å². The summed E-state index contributed by atoms with van der Waals surface area (Å²) in [4.78, 5) is 26.8. The maximum Gasteiger partial charge on any atom is 0.276 e. The van der Waals surface area contributed by atoms with Gasteiger partial charge in [-0.05, 0) is 25.3 Å². The Bertz CT molecular complexity index is 1400. The molecule has 3 heterocycles. The summed E-state index contributed by atoms with van der Waals surface area (Å²) in [7, 11) is -2.93. The van der Waals surface area contributed by atoms with E-state index < -0.39 is 26.6 Å². The maximum absolute atomic E-state index is 13.8. The molecule has 2 aromatic heterocycles. The molecular weight excluding hydrogens is 498 g/mol. The Labute approximate surface area is 196 Å². The SMILES string of the molecule is COc1cc2c(c(C(C)=O)c1N(C(=O)c1sccc1S(N)(=O)=O)c1onc(C)c1Cl)OCO2. The van der Waals surface area contributed by atoms with Crippen molar-refractivity contribution in [2.45, 2.75) is 18.7 Å². The van der Waals surface area contributed by atoms with E-state index in [9.17, 15) is 18.0 Å². The molecule has 0 saturated carbocycles. The third kappa shape index (κ3) is 3.82. The largest absolute Gasteiger partial charge is 0.494 e. The van der Waals surface area contributed by atoms with Crippen LogP contribution in [0.3, 0.4) is 0 Å². The van der Waals surface area contributed by atoms with Crippen LogP contribution >= 0.6 is 22.9 Å². The molecular formula is C19H16ClN3O8S2. The summed E-state index contributed by atoms with van der Waals surface area (Å²) in [5.41, 5.74) is 0.103. The highest BCUT2D eigenvalue weighted by Gasteiger charge is 2.38. The number of primary sulfonamides is 1. The molecule has 0 atom stereocenters. The zero-order chi connectivity index (χ0) is 24.1. The standard InChI is InChI=1S/C19H16ClN3O8S2/c1-8-14(20)19(31-22-8)23(18(25)17-12(4-5-32-17)33(21,26)27)15-10(28-3)6-11-16(30-7-29-11)13(15)9(2)24/h4-6H,7H2,1-3H3,(H2,21,26,27). The highest BCUT2D eigenvalue weighted by atomic mass is 35.5. The number of aryl methyl sites for hydroxylation is 1. The van der Waals surface area contributed by atoms with Gasteiger partial charge in [0.05, 0.1) is 12.7 Å². The van der Waals surface area contributed by atoms with Crippen LogP contribution in [0.4, 0.5) is 11.6 Å². The summed E-state index contributed by atoms with van der Waals surface area (Å²) < 4.78 is 45.8. The van der Waals surface area contributed by atoms with Crippen molar-refractivity contribution in [1.29, 1.82) is 0 Å². The Morgan fingerprint density at radius 3 is 2.64 bits per heavy atom. The number of methoxy groups -OCH3 is 1. The van der Waals surface area contributed by atoms with Crippen LogP contribution in [0.25, 0.3) is 0 Å². The van der Waals surface area contributed by atoms with Crippen LogP contribution in [0.2, 0.25) is 5.02 Å². The molecule has 0 spiro atoms. The molecule has 174 valence electrons. The van der Waals surface area contributed by atoms with Crippen molar-refractivity contribution in [2.24, 2.45) is 5.14 Å². The number of nitrogens with zero attached hydrogens (tertiary/aromatic N) is 2. The summed E-state index contributed by atoms with van der Waals surface area (Å²) in [6.07, 6.45) is 0. The molecule has 14 heteroatoms. The predicted octanol–water partition coefficient (Wildman–Crippen LogP) is 3.26. The number of anilines is 2. The molecule has 4 rings (SSSR count). The topological polar surface area (TPSA) is 151 Å². The zero-order valence-electron chi connectivity index (χ0n) is 17.4. The highest BCUT2D eigenvalue weighted by molar-refractivity contribution is 7.89. The van der Waals surface area contributed by atoms with Crippen molar-refractivity contribution in [3.05, 3.63) is 38.7 Å². The number of ketones is 1. The van der Waals surface area contributed by atoms with Gasteiger partial charge in [0.1, 0.15) is 31.9 Å². The van der Waals surface area contributed by atoms with E-state index in [2.05, 4.69) is 5.16 Å². The van der Waals surface area contributed by atoms with Gasteiger partial charge in [0.2, 0.25) is 16.8 Å². The number of carbonyl (C=O) groups is 2. The summed E-state index contributed by atoms with van der Waals surface area (Å²) in [6.45, 7) is 2.65. The second-order valence-corrected chi connectivity index (χ2v) is 9.60. The Kier molecular flexibility index (Phi) is 5.82. The van der Waals surface area contributed by atoms with Crippen molar-refractivity contribution in [1.82, 2.24) is 5.16 Å². The number of hydrogen-bond donors (Lipinski definition) is 1. The average molecular weight is 514 g/mol. The third-order valence-electron chi connectivity index (χ3n) is 4.71. The summed E-state index contributed by atoms with van der Waals surface area (Å²) in [6, 6.07) is 2.62. The molecule has 3 aromatic rings. The van der Waals surface area contributed by atoms with Gasteiger partial charge in [-0.3, -0.25) is 9.59 Å². The molecule has 0 radical (unpaired) electrons. The molecule has 1 aromatic carbocycles. The lowest BCUT2D eigenvalue weighted by Gasteiger charge is -2.24. The molecule has 0 unspecified atom stereocenters. The number of aromatic nitrogens is 1. The van der Waals surface area contributed by atoms with Crippen molar-refractivity contribution in [2.75, 3.05) is 18.8 Å². The molecule has 0 saturated heterocycles. The van der Waals surface area contributed by atoms with Gasteiger partial charge in [0.25, 0.3) is 11.8 Å². The molecule has 11 nitrogen and oxygen atoms in total. The molecule has 1 aliphatic heterocycles. The van der Waals surface area contributed by atoms with E-state index in [1.807, 2.05) is 0 Å². The average Bonchev–Trinajstić information content (AvgIpc) is 3.48. The quantitative estimate of drug-likeness (QED) is 0.489. The monoisotopic (exact) mass is 513 g/mol. The van der Waals surface area contributed by atoms with Crippen molar-refractivity contribution in [3.63, 3.8) is 0 Å². The fraction of sp³-hybridized carbons (Fsp3) is 0.211. The number of sulfonamides is 1. The Balaban J connectivity index is 2.07. The third-order valence-corrected chi connectivity index (χ3v) is 7.13. The zero-order valence-corrected chi connectivity index (χ0v) is 19.8. The molecule has 0 bridgehead atoms. The number of nitrogens with two attached hydrogens (primary N) is 1. The Morgan fingerprint density at radius 1 is 1.33 bits per heavy atom. The first-order valence-corrected chi connectivity index (χ1v) is 11.9. The number of amides is 1. The summed E-state index contributed by atoms with van der Waals surface area (Å²) in [5, 5.41) is 10.4. The van der Waals surface area contributed by atoms with E-state index in [4.69, 9.17) is 35.5 Å². The Hall–Kier alpha value is -3.13. The minimum Gasteiger partial charge on any atom is -0.494 e. The van der Waals surface area contributed by atoms with E-state index in [-0.39, 0.29) is 56.8 Å². The number of Topliss-reactive ketones (excluding diaryl/α,β-unsaturated/α-hetero) is 1. The number of rotatable bonds is 6. The molecule has 33 heavy (non-hydrogen) atoms. The molecule has 1 aliphatic rings. The van der Waals surface area contributed by atoms with E-state index in [1.165, 1.54) is 31.5 Å². The van der Waals surface area contributed by atoms with Gasteiger partial charge in [-0.1, -0.05) is 16.8 Å². The number of ether oxygens (including phenoxy) is 3. The first-order valence-electron chi connectivity index (χ1n) is 9.14. The lowest BCUT2D eigenvalue weighted by molar-refractivity contribution is 0.0994. The van der Waals surface area contributed by atoms with Crippen LogP contribution in [0.15, 0.2) is 26.9 Å². The lowest BCUT2D eigenvalue weighted by atomic mass is 10.0. The van der Waals surface area contributed by atoms with Gasteiger partial charge in [0, 0.05) is 6.07 Å². The fourth-order valence-electron chi connectivity index (χ4n) is 3.27. The number of thiophene rings is 1. The first kappa shape index (κ1) is 23.0. The highest BCUT2D eigenvalue weighted by Crippen LogP contribution is 2.50. The van der Waals surface area contributed by atoms with Gasteiger partial charge in [-0.25, -0.2) is 18.5 Å². The predicted molar refractivity (Wildman–Crippen MR) is 118 cm³/mol. The first-order chi connectivity index (χ1) is 15.6. The van der Waals surface area contributed by atoms with E-state index in [0.29, 0.717) is 0 Å². The van der Waals surface area contributed by atoms with Crippen molar-refractivity contribution >= 4 is 56.2 Å². The van der Waals surface area contributed by atoms with E-state index in [1.54, 1.807) is 6.92 Å². The molecule has 0 aliphatic carbocycles. The Morgan fingerprint density at radius 2 is 2.06 bits per heavy atom. The van der Waals surface area contributed by atoms with Gasteiger partial charge in [-0.15, -0.1) is 11.3 Å². The van der Waals surface area contributed by atoms with Gasteiger partial charge < -0.3 is 18.7 Å². The minimum absolute atomic E-state index is 0.0358. The van der Waals surface area contributed by atoms with Crippen LogP contribution in [0.5, 0.6) is 17.2 Å². The minimum atomic E-state index is -4.25. The van der Waals surface area contributed by atoms with E-state index >= 15 is 0 Å². The van der Waals surface area contributed by atoms with Gasteiger partial charge >= 0.3 is 0 Å². The van der Waals surface area contributed by atoms with Gasteiger partial charge in [-0.2, -0.15) is 0 Å². The fourth-order valence-corrected chi connectivity index (χ4v) is 5.33. The van der Waals surface area contributed by atoms with Crippen LogP contribution in [-0.4, -0.2) is 39.2 Å². The van der Waals surface area contributed by atoms with Crippen molar-refractivity contribution < 1.29 is 36.7 Å². The van der Waals surface area contributed by atoms with Crippen LogP contribution in [0, 0.1) is 6.92 Å². The number of benzene rings is 1. The molecule has 0 fully saturated rings. The smallest absolute Gasteiger partial charge is 0.276 e. The summed E-state index contributed by atoms with van der Waals surface area (Å²) >= 11 is 7.19. The normalized spacial score (nSPS) is 12.6. The van der Waals surface area contributed by atoms with Crippen molar-refractivity contribution in [3.8, 4) is 17.2 Å². The number of fused-ring (bicyclic) bond motifs is 1. The maximum atomic E-state index is 13.8. The van der Waals surface area contributed by atoms with Gasteiger partial charge in [0.15, 0.2) is 17.3 Å². The molecule has 2 N–H and O–H groups in total. The summed E-state index contributed by atoms with van der Waals surface area (Å²) in [5.74, 6) is -1.29. The second-order valence-electron chi connectivity index (χ2n) is 6.78. The van der Waals surface area contributed by atoms with Crippen LogP contribution < -0.4 is 24.2 Å². The number of halogens is 1. The second kappa shape index (κ2) is 8.33. The lowest BCUT2D eigenvalue weighted by Crippen LogP contribution is -2.29.